The van der Waals surface area contributed by atoms with E-state index in [1.807, 2.05) is 53.6 Å². The van der Waals surface area contributed by atoms with Gasteiger partial charge in [-0.05, 0) is 30.0 Å². The van der Waals surface area contributed by atoms with Gasteiger partial charge in [-0.3, -0.25) is 9.48 Å². The van der Waals surface area contributed by atoms with Gasteiger partial charge in [0, 0.05) is 22.6 Å². The highest BCUT2D eigenvalue weighted by Gasteiger charge is 2.17. The van der Waals surface area contributed by atoms with Crippen LogP contribution in [0.3, 0.4) is 0 Å². The van der Waals surface area contributed by atoms with Crippen LogP contribution in [0.15, 0.2) is 54.2 Å². The number of nitrogens with zero attached hydrogens (tertiary/aromatic N) is 3. The highest BCUT2D eigenvalue weighted by molar-refractivity contribution is 7.09. The molecule has 0 unspecified atom stereocenters. The molecular formula is C18H18ClN3OS. The molecule has 4 nitrogen and oxygen atoms in total. The van der Waals surface area contributed by atoms with Crippen LogP contribution < -0.4 is 0 Å². The summed E-state index contributed by atoms with van der Waals surface area (Å²) in [5.41, 5.74) is 1.58. The van der Waals surface area contributed by atoms with Crippen LogP contribution in [-0.4, -0.2) is 27.1 Å². The van der Waals surface area contributed by atoms with Gasteiger partial charge in [-0.25, -0.2) is 0 Å². The molecule has 0 aliphatic carbocycles. The minimum absolute atomic E-state index is 0.00342. The van der Waals surface area contributed by atoms with Gasteiger partial charge in [0.15, 0.2) is 0 Å². The Morgan fingerprint density at radius 2 is 2.12 bits per heavy atom. The van der Waals surface area contributed by atoms with Gasteiger partial charge in [0.25, 0.3) is 5.91 Å². The summed E-state index contributed by atoms with van der Waals surface area (Å²) >= 11 is 7.84. The molecule has 6 heteroatoms. The predicted octanol–water partition coefficient (Wildman–Crippen LogP) is 4.31. The largest absolute Gasteiger partial charge is 0.334 e. The number of aromatic nitrogens is 2. The molecule has 0 aliphatic heterocycles. The first kappa shape index (κ1) is 16.7. The summed E-state index contributed by atoms with van der Waals surface area (Å²) < 4.78 is 1.74. The number of halogens is 1. The molecule has 0 spiro atoms. The van der Waals surface area contributed by atoms with E-state index in [4.69, 9.17) is 11.6 Å². The third-order valence-corrected chi connectivity index (χ3v) is 5.00. The monoisotopic (exact) mass is 359 g/mol. The lowest BCUT2D eigenvalue weighted by atomic mass is 10.2. The fourth-order valence-corrected chi connectivity index (χ4v) is 3.38. The Balaban J connectivity index is 1.72. The van der Waals surface area contributed by atoms with Crippen LogP contribution in [0.1, 0.15) is 27.7 Å². The molecular weight excluding hydrogens is 342 g/mol. The van der Waals surface area contributed by atoms with E-state index >= 15 is 0 Å². The van der Waals surface area contributed by atoms with Crippen molar-refractivity contribution in [3.63, 3.8) is 0 Å². The van der Waals surface area contributed by atoms with Crippen LogP contribution in [0, 0.1) is 0 Å². The van der Waals surface area contributed by atoms with E-state index in [1.165, 1.54) is 4.88 Å². The Morgan fingerprint density at radius 3 is 2.83 bits per heavy atom. The third-order valence-electron chi connectivity index (χ3n) is 3.77. The number of carbonyl (C=O) groups is 1. The van der Waals surface area contributed by atoms with E-state index in [-0.39, 0.29) is 5.91 Å². The van der Waals surface area contributed by atoms with Crippen molar-refractivity contribution in [1.29, 1.82) is 0 Å². The highest BCUT2D eigenvalue weighted by Crippen LogP contribution is 2.17. The maximum atomic E-state index is 12.7. The number of benzene rings is 1. The number of hydrogen-bond donors (Lipinski definition) is 0. The van der Waals surface area contributed by atoms with Gasteiger partial charge in [-0.2, -0.15) is 5.10 Å². The van der Waals surface area contributed by atoms with E-state index in [9.17, 15) is 4.79 Å². The fourth-order valence-electron chi connectivity index (χ4n) is 2.46. The van der Waals surface area contributed by atoms with Crippen molar-refractivity contribution in [3.05, 3.63) is 75.2 Å². The second-order valence-electron chi connectivity index (χ2n) is 5.42. The quantitative estimate of drug-likeness (QED) is 0.657. The molecule has 24 heavy (non-hydrogen) atoms. The first-order chi connectivity index (χ1) is 11.7. The number of amides is 1. The SMILES string of the molecule is CCN(Cc1cccs1)C(=O)c1cnn(Cc2ccccc2Cl)c1. The summed E-state index contributed by atoms with van der Waals surface area (Å²) in [4.78, 5) is 15.7. The molecule has 124 valence electrons. The molecule has 3 rings (SSSR count). The summed E-state index contributed by atoms with van der Waals surface area (Å²) in [5, 5.41) is 7.03. The van der Waals surface area contributed by atoms with E-state index in [1.54, 1.807) is 28.4 Å². The summed E-state index contributed by atoms with van der Waals surface area (Å²) in [6.45, 7) is 3.82. The summed E-state index contributed by atoms with van der Waals surface area (Å²) in [5.74, 6) is -0.00342. The van der Waals surface area contributed by atoms with Gasteiger partial charge in [0.2, 0.25) is 0 Å². The molecule has 2 aromatic heterocycles. The van der Waals surface area contributed by atoms with Crippen molar-refractivity contribution in [3.8, 4) is 0 Å². The van der Waals surface area contributed by atoms with Crippen LogP contribution in [0.2, 0.25) is 5.02 Å². The van der Waals surface area contributed by atoms with Crippen LogP contribution in [0.4, 0.5) is 0 Å². The molecule has 1 amide bonds. The minimum atomic E-state index is -0.00342. The standard InChI is InChI=1S/C18H18ClN3OS/c1-2-21(13-16-7-5-9-24-16)18(23)15-10-20-22(12-15)11-14-6-3-4-8-17(14)19/h3-10,12H,2,11,13H2,1H3. The molecule has 0 aliphatic rings. The van der Waals surface area contributed by atoms with E-state index in [2.05, 4.69) is 5.10 Å². The second-order valence-corrected chi connectivity index (χ2v) is 6.86. The molecule has 0 atom stereocenters. The summed E-state index contributed by atoms with van der Waals surface area (Å²) in [6.07, 6.45) is 3.40. The predicted molar refractivity (Wildman–Crippen MR) is 97.5 cm³/mol. The number of hydrogen-bond acceptors (Lipinski definition) is 3. The molecule has 0 saturated heterocycles. The molecule has 0 fully saturated rings. The van der Waals surface area contributed by atoms with E-state index < -0.39 is 0 Å². The van der Waals surface area contributed by atoms with Crippen LogP contribution in [0.25, 0.3) is 0 Å². The van der Waals surface area contributed by atoms with Crippen molar-refractivity contribution in [2.75, 3.05) is 6.54 Å². The molecule has 0 N–H and O–H groups in total. The lowest BCUT2D eigenvalue weighted by Crippen LogP contribution is -2.29. The molecule has 1 aromatic carbocycles. The van der Waals surface area contributed by atoms with E-state index in [0.29, 0.717) is 30.2 Å². The van der Waals surface area contributed by atoms with Crippen LogP contribution in [-0.2, 0) is 13.1 Å². The summed E-state index contributed by atoms with van der Waals surface area (Å²) in [6, 6.07) is 11.7. The normalized spacial score (nSPS) is 10.8. The van der Waals surface area contributed by atoms with Crippen molar-refractivity contribution >= 4 is 28.8 Å². The second kappa shape index (κ2) is 7.64. The van der Waals surface area contributed by atoms with Gasteiger partial charge < -0.3 is 4.90 Å². The zero-order chi connectivity index (χ0) is 16.9. The van der Waals surface area contributed by atoms with Gasteiger partial charge in [0.1, 0.15) is 0 Å². The van der Waals surface area contributed by atoms with Gasteiger partial charge in [0.05, 0.1) is 24.8 Å². The molecule has 0 radical (unpaired) electrons. The minimum Gasteiger partial charge on any atom is -0.334 e. The van der Waals surface area contributed by atoms with Gasteiger partial charge in [-0.15, -0.1) is 11.3 Å². The number of rotatable bonds is 6. The molecule has 3 aromatic rings. The van der Waals surface area contributed by atoms with Gasteiger partial charge in [-0.1, -0.05) is 35.9 Å². The lowest BCUT2D eigenvalue weighted by molar-refractivity contribution is 0.0754. The Morgan fingerprint density at radius 1 is 1.29 bits per heavy atom. The highest BCUT2D eigenvalue weighted by atomic mass is 35.5. The number of carbonyl (C=O) groups excluding carboxylic acids is 1. The first-order valence-electron chi connectivity index (χ1n) is 7.75. The average molecular weight is 360 g/mol. The molecule has 0 bridgehead atoms. The Labute approximate surface area is 150 Å². The van der Waals surface area contributed by atoms with Gasteiger partial charge >= 0.3 is 0 Å². The smallest absolute Gasteiger partial charge is 0.257 e. The Hall–Kier alpha value is -2.11. The van der Waals surface area contributed by atoms with E-state index in [0.717, 1.165) is 5.56 Å². The van der Waals surface area contributed by atoms with Crippen molar-refractivity contribution in [2.24, 2.45) is 0 Å². The molecule has 2 heterocycles. The topological polar surface area (TPSA) is 38.1 Å². The third kappa shape index (κ3) is 3.86. The average Bonchev–Trinajstić information content (AvgIpc) is 3.26. The van der Waals surface area contributed by atoms with Crippen molar-refractivity contribution in [1.82, 2.24) is 14.7 Å². The first-order valence-corrected chi connectivity index (χ1v) is 9.00. The van der Waals surface area contributed by atoms with Crippen LogP contribution >= 0.6 is 22.9 Å². The molecule has 0 saturated carbocycles. The Bertz CT molecular complexity index is 813. The fraction of sp³-hybridized carbons (Fsp3) is 0.222. The lowest BCUT2D eigenvalue weighted by Gasteiger charge is -2.19. The zero-order valence-corrected chi connectivity index (χ0v) is 14.9. The summed E-state index contributed by atoms with van der Waals surface area (Å²) in [7, 11) is 0. The van der Waals surface area contributed by atoms with Crippen LogP contribution in [0.5, 0.6) is 0 Å². The Kier molecular flexibility index (Phi) is 5.33. The number of thiophene rings is 1. The maximum absolute atomic E-state index is 12.7. The maximum Gasteiger partial charge on any atom is 0.257 e. The zero-order valence-electron chi connectivity index (χ0n) is 13.4. The van der Waals surface area contributed by atoms with Crippen molar-refractivity contribution < 1.29 is 4.79 Å². The van der Waals surface area contributed by atoms with Crippen molar-refractivity contribution in [2.45, 2.75) is 20.0 Å².